The fourth-order valence-electron chi connectivity index (χ4n) is 2.99. The summed E-state index contributed by atoms with van der Waals surface area (Å²) in [6.07, 6.45) is 2.40. The minimum atomic E-state index is -0.558. The normalized spacial score (nSPS) is 19.5. The summed E-state index contributed by atoms with van der Waals surface area (Å²) in [7, 11) is 0. The van der Waals surface area contributed by atoms with E-state index in [-0.39, 0.29) is 17.6 Å². The Morgan fingerprint density at radius 1 is 1.35 bits per heavy atom. The summed E-state index contributed by atoms with van der Waals surface area (Å²) in [6.45, 7) is 0.696. The van der Waals surface area contributed by atoms with Gasteiger partial charge in [-0.2, -0.15) is 0 Å². The van der Waals surface area contributed by atoms with Gasteiger partial charge in [0.1, 0.15) is 6.33 Å². The van der Waals surface area contributed by atoms with Crippen molar-refractivity contribution in [1.82, 2.24) is 14.5 Å². The molecular formula is C14H12N4O2. The van der Waals surface area contributed by atoms with Gasteiger partial charge in [0, 0.05) is 6.54 Å². The number of hydrogen-bond donors (Lipinski definition) is 1. The molecule has 100 valence electrons. The number of benzene rings is 1. The monoisotopic (exact) mass is 268 g/mol. The Kier molecular flexibility index (Phi) is 2.07. The van der Waals surface area contributed by atoms with Crippen LogP contribution in [0.1, 0.15) is 39.0 Å². The highest BCUT2D eigenvalue weighted by molar-refractivity contribution is 6.00. The molecule has 4 rings (SSSR count). The van der Waals surface area contributed by atoms with E-state index in [1.165, 1.54) is 0 Å². The Balaban J connectivity index is 2.05. The van der Waals surface area contributed by atoms with Gasteiger partial charge in [0.15, 0.2) is 5.69 Å². The third-order valence-electron chi connectivity index (χ3n) is 4.03. The number of nitrogens with zero attached hydrogens (tertiary/aromatic N) is 3. The molecule has 0 aliphatic carbocycles. The standard InChI is InChI=1S/C14H12N4O2/c15-13(19)11-12-10-5-6-17(10)14(20)8-3-1-2-4-9(8)18(12)7-16-11/h1-4,7,10H,5-6H2,(H2,15,19)/t10-/m0/s1. The maximum Gasteiger partial charge on any atom is 0.269 e. The highest BCUT2D eigenvalue weighted by Gasteiger charge is 2.42. The van der Waals surface area contributed by atoms with E-state index in [4.69, 9.17) is 5.73 Å². The van der Waals surface area contributed by atoms with Crippen LogP contribution in [0.3, 0.4) is 0 Å². The zero-order valence-corrected chi connectivity index (χ0v) is 10.6. The minimum Gasteiger partial charge on any atom is -0.364 e. The number of para-hydroxylation sites is 1. The van der Waals surface area contributed by atoms with Gasteiger partial charge in [0.05, 0.1) is 23.0 Å². The van der Waals surface area contributed by atoms with Crippen LogP contribution in [0.2, 0.25) is 0 Å². The van der Waals surface area contributed by atoms with Crippen molar-refractivity contribution in [3.8, 4) is 5.69 Å². The number of fused-ring (bicyclic) bond motifs is 5. The first-order valence-electron chi connectivity index (χ1n) is 6.46. The molecule has 3 heterocycles. The van der Waals surface area contributed by atoms with E-state index in [1.54, 1.807) is 17.3 Å². The number of hydrogen-bond acceptors (Lipinski definition) is 3. The van der Waals surface area contributed by atoms with E-state index in [0.717, 1.165) is 17.8 Å². The van der Waals surface area contributed by atoms with Crippen LogP contribution in [0.15, 0.2) is 30.6 Å². The Morgan fingerprint density at radius 2 is 2.15 bits per heavy atom. The maximum absolute atomic E-state index is 12.5. The second-order valence-corrected chi connectivity index (χ2v) is 5.03. The molecule has 0 unspecified atom stereocenters. The van der Waals surface area contributed by atoms with E-state index in [0.29, 0.717) is 12.1 Å². The van der Waals surface area contributed by atoms with Crippen molar-refractivity contribution in [2.24, 2.45) is 5.73 Å². The quantitative estimate of drug-likeness (QED) is 0.833. The Morgan fingerprint density at radius 3 is 2.85 bits per heavy atom. The molecule has 1 aromatic carbocycles. The lowest BCUT2D eigenvalue weighted by Crippen LogP contribution is -2.45. The summed E-state index contributed by atoms with van der Waals surface area (Å²) in [4.78, 5) is 30.0. The molecular weight excluding hydrogens is 256 g/mol. The lowest BCUT2D eigenvalue weighted by atomic mass is 9.97. The molecule has 2 N–H and O–H groups in total. The Hall–Kier alpha value is -2.63. The number of primary amides is 1. The van der Waals surface area contributed by atoms with Crippen molar-refractivity contribution in [3.05, 3.63) is 47.5 Å². The van der Waals surface area contributed by atoms with Crippen molar-refractivity contribution >= 4 is 11.8 Å². The van der Waals surface area contributed by atoms with Gasteiger partial charge in [-0.05, 0) is 18.6 Å². The highest BCUT2D eigenvalue weighted by Crippen LogP contribution is 2.40. The predicted molar refractivity (Wildman–Crippen MR) is 70.5 cm³/mol. The first kappa shape index (κ1) is 11.2. The largest absolute Gasteiger partial charge is 0.364 e. The molecule has 1 fully saturated rings. The average molecular weight is 268 g/mol. The van der Waals surface area contributed by atoms with Crippen LogP contribution in [-0.4, -0.2) is 32.8 Å². The number of carbonyl (C=O) groups excluding carboxylic acids is 2. The molecule has 1 atom stereocenters. The first-order chi connectivity index (χ1) is 9.68. The Bertz CT molecular complexity index is 749. The summed E-state index contributed by atoms with van der Waals surface area (Å²) in [6, 6.07) is 7.24. The van der Waals surface area contributed by atoms with Crippen LogP contribution >= 0.6 is 0 Å². The third kappa shape index (κ3) is 1.25. The van der Waals surface area contributed by atoms with Gasteiger partial charge >= 0.3 is 0 Å². The number of carbonyl (C=O) groups is 2. The zero-order valence-electron chi connectivity index (χ0n) is 10.6. The lowest BCUT2D eigenvalue weighted by Gasteiger charge is -2.39. The third-order valence-corrected chi connectivity index (χ3v) is 4.03. The first-order valence-corrected chi connectivity index (χ1v) is 6.46. The summed E-state index contributed by atoms with van der Waals surface area (Å²) in [5.74, 6) is -0.562. The van der Waals surface area contributed by atoms with Crippen LogP contribution < -0.4 is 5.73 Å². The van der Waals surface area contributed by atoms with E-state index in [2.05, 4.69) is 4.98 Å². The topological polar surface area (TPSA) is 81.2 Å². The zero-order chi connectivity index (χ0) is 13.9. The van der Waals surface area contributed by atoms with E-state index < -0.39 is 5.91 Å². The molecule has 2 aliphatic heterocycles. The molecule has 0 radical (unpaired) electrons. The molecule has 6 heteroatoms. The average Bonchev–Trinajstić information content (AvgIpc) is 2.79. The molecule has 1 saturated heterocycles. The molecule has 20 heavy (non-hydrogen) atoms. The molecule has 0 saturated carbocycles. The molecule has 2 aliphatic rings. The number of amides is 2. The number of aromatic nitrogens is 2. The summed E-state index contributed by atoms with van der Waals surface area (Å²) in [5.41, 5.74) is 7.76. The molecule has 0 spiro atoms. The van der Waals surface area contributed by atoms with Gasteiger partial charge in [-0.15, -0.1) is 0 Å². The van der Waals surface area contributed by atoms with Crippen molar-refractivity contribution in [2.45, 2.75) is 12.5 Å². The fraction of sp³-hybridized carbons (Fsp3) is 0.214. The number of rotatable bonds is 1. The van der Waals surface area contributed by atoms with Crippen LogP contribution in [0.5, 0.6) is 0 Å². The SMILES string of the molecule is NC(=O)c1ncn2c1[C@@H]1CCN1C(=O)c1ccccc1-2. The number of nitrogens with two attached hydrogens (primary N) is 1. The van der Waals surface area contributed by atoms with Crippen molar-refractivity contribution < 1.29 is 9.59 Å². The molecule has 6 nitrogen and oxygen atoms in total. The van der Waals surface area contributed by atoms with Gasteiger partial charge in [-0.25, -0.2) is 4.98 Å². The van der Waals surface area contributed by atoms with Gasteiger partial charge in [-0.1, -0.05) is 12.1 Å². The van der Waals surface area contributed by atoms with E-state index in [1.807, 2.05) is 22.8 Å². The molecule has 1 aromatic heterocycles. The van der Waals surface area contributed by atoms with Crippen LogP contribution in [0.4, 0.5) is 0 Å². The lowest BCUT2D eigenvalue weighted by molar-refractivity contribution is 0.0456. The second kappa shape index (κ2) is 3.69. The summed E-state index contributed by atoms with van der Waals surface area (Å²) < 4.78 is 1.82. The van der Waals surface area contributed by atoms with Crippen LogP contribution in [0.25, 0.3) is 5.69 Å². The van der Waals surface area contributed by atoms with Crippen LogP contribution in [0, 0.1) is 0 Å². The van der Waals surface area contributed by atoms with Gasteiger partial charge in [-0.3, -0.25) is 14.2 Å². The smallest absolute Gasteiger partial charge is 0.269 e. The minimum absolute atomic E-state index is 0.00373. The molecule has 2 aromatic rings. The Labute approximate surface area is 114 Å². The van der Waals surface area contributed by atoms with Crippen LogP contribution in [-0.2, 0) is 0 Å². The van der Waals surface area contributed by atoms with E-state index >= 15 is 0 Å². The van der Waals surface area contributed by atoms with Gasteiger partial charge in [0.2, 0.25) is 0 Å². The van der Waals surface area contributed by atoms with Crippen molar-refractivity contribution in [3.63, 3.8) is 0 Å². The number of imidazole rings is 1. The second-order valence-electron chi connectivity index (χ2n) is 5.03. The summed E-state index contributed by atoms with van der Waals surface area (Å²) >= 11 is 0. The van der Waals surface area contributed by atoms with Crippen molar-refractivity contribution in [2.75, 3.05) is 6.54 Å². The highest BCUT2D eigenvalue weighted by atomic mass is 16.2. The maximum atomic E-state index is 12.5. The predicted octanol–water partition coefficient (Wildman–Crippen LogP) is 0.872. The fourth-order valence-corrected chi connectivity index (χ4v) is 2.99. The molecule has 2 amide bonds. The van der Waals surface area contributed by atoms with Crippen molar-refractivity contribution in [1.29, 1.82) is 0 Å². The van der Waals surface area contributed by atoms with Gasteiger partial charge in [0.25, 0.3) is 11.8 Å². The van der Waals surface area contributed by atoms with E-state index in [9.17, 15) is 9.59 Å². The molecule has 0 bridgehead atoms. The summed E-state index contributed by atoms with van der Waals surface area (Å²) in [5, 5.41) is 0. The van der Waals surface area contributed by atoms with Gasteiger partial charge < -0.3 is 10.6 Å².